The molecule has 0 aliphatic carbocycles. The topological polar surface area (TPSA) is 20.2 Å². The van der Waals surface area contributed by atoms with Crippen molar-refractivity contribution in [1.82, 2.24) is 0 Å². The van der Waals surface area contributed by atoms with E-state index in [4.69, 9.17) is 17.0 Å². The van der Waals surface area contributed by atoms with Gasteiger partial charge in [-0.25, -0.2) is 22.0 Å². The molecule has 0 bridgehead atoms. The average molecular weight is 454 g/mol. The van der Waals surface area contributed by atoms with Crippen molar-refractivity contribution in [2.45, 2.75) is 0 Å². The Kier molecular flexibility index (Phi) is 8.26. The Balaban J connectivity index is 0.000000745. The summed E-state index contributed by atoms with van der Waals surface area (Å²) < 4.78 is 65.7. The molecule has 0 saturated carbocycles. The van der Waals surface area contributed by atoms with Gasteiger partial charge in [0.25, 0.3) is 0 Å². The molecule has 2 aromatic carbocycles. The number of phenols is 1. The van der Waals surface area contributed by atoms with E-state index in [9.17, 15) is 27.1 Å². The van der Waals surface area contributed by atoms with E-state index in [1.165, 1.54) is 24.3 Å². The first kappa shape index (κ1) is 19.8. The second-order valence-corrected chi connectivity index (χ2v) is 8.68. The molecule has 0 heterocycles. The van der Waals surface area contributed by atoms with Crippen LogP contribution >= 0.6 is 25.6 Å². The van der Waals surface area contributed by atoms with E-state index in [0.717, 1.165) is 0 Å². The molecule has 0 saturated heterocycles. The number of halogens is 7. The van der Waals surface area contributed by atoms with Gasteiger partial charge in [-0.3, -0.25) is 0 Å². The quantitative estimate of drug-likeness (QED) is 0.314. The average Bonchev–Trinajstić information content (AvgIpc) is 2.50. The van der Waals surface area contributed by atoms with Gasteiger partial charge in [-0.05, 0) is 14.6 Å². The summed E-state index contributed by atoms with van der Waals surface area (Å²) in [5.41, 5.74) is 0. The number of hydrogen-bond donors (Lipinski definition) is 1. The number of phenolic OH excluding ortho intramolecular Hbond substituents is 1. The standard InChI is InChI=1S/C12H6F5OP.2ClH.Zr/c13-7-8(14)10(16)12(11(17)9(7)15)19-6-4-2-1-3-5(6)18;;;/h1-4,18-19H;2*1H;/q;;;+2/p-2. The summed E-state index contributed by atoms with van der Waals surface area (Å²) >= 11 is -0.826. The van der Waals surface area contributed by atoms with Gasteiger partial charge in [0.2, 0.25) is 5.82 Å². The van der Waals surface area contributed by atoms with E-state index in [1.54, 1.807) is 0 Å². The molecule has 118 valence electrons. The van der Waals surface area contributed by atoms with Gasteiger partial charge in [0, 0.05) is 5.30 Å². The first-order chi connectivity index (χ1) is 10.3. The number of hydrogen-bond acceptors (Lipinski definition) is 1. The van der Waals surface area contributed by atoms with Crippen LogP contribution in [0.2, 0.25) is 0 Å². The van der Waals surface area contributed by atoms with Crippen LogP contribution in [0, 0.1) is 29.1 Å². The summed E-state index contributed by atoms with van der Waals surface area (Å²) in [7, 11) is 8.98. The molecular formula is C12H6Cl2F5OPZr. The Bertz CT molecular complexity index is 645. The molecule has 0 radical (unpaired) electrons. The summed E-state index contributed by atoms with van der Waals surface area (Å²) in [4.78, 5) is 0. The molecule has 0 spiro atoms. The Morgan fingerprint density at radius 2 is 1.23 bits per heavy atom. The molecule has 1 N–H and O–H groups in total. The number of rotatable bonds is 2. The van der Waals surface area contributed by atoms with Crippen molar-refractivity contribution >= 4 is 36.2 Å². The van der Waals surface area contributed by atoms with Crippen molar-refractivity contribution < 1.29 is 47.9 Å². The summed E-state index contributed by atoms with van der Waals surface area (Å²) in [6.07, 6.45) is 0. The molecule has 2 aromatic rings. The van der Waals surface area contributed by atoms with Crippen LogP contribution in [-0.4, -0.2) is 5.11 Å². The van der Waals surface area contributed by atoms with E-state index in [1.807, 2.05) is 0 Å². The predicted octanol–water partition coefficient (Wildman–Crippen LogP) is 4.09. The molecule has 1 unspecified atom stereocenters. The van der Waals surface area contributed by atoms with Crippen molar-refractivity contribution in [2.24, 2.45) is 0 Å². The van der Waals surface area contributed by atoms with Gasteiger partial charge < -0.3 is 5.11 Å². The van der Waals surface area contributed by atoms with Crippen LogP contribution in [0.4, 0.5) is 22.0 Å². The zero-order valence-electron chi connectivity index (χ0n) is 10.4. The Morgan fingerprint density at radius 1 is 0.818 bits per heavy atom. The second kappa shape index (κ2) is 9.17. The molecular weight excluding hydrogens is 448 g/mol. The Labute approximate surface area is 142 Å². The molecule has 0 aromatic heterocycles. The van der Waals surface area contributed by atoms with Crippen molar-refractivity contribution in [1.29, 1.82) is 0 Å². The number of para-hydroxylation sites is 1. The third-order valence-electron chi connectivity index (χ3n) is 2.37. The fraction of sp³-hybridized carbons (Fsp3) is 0. The zero-order valence-corrected chi connectivity index (χ0v) is 15.4. The van der Waals surface area contributed by atoms with Gasteiger partial charge in [-0.2, -0.15) is 0 Å². The number of aromatic hydroxyl groups is 1. The SMILES string of the molecule is Oc1ccccc1Pc1c(F)c(F)c(F)c(F)c1F.[Cl][Zr][Cl]. The van der Waals surface area contributed by atoms with E-state index in [2.05, 4.69) is 0 Å². The monoisotopic (exact) mass is 452 g/mol. The third-order valence-corrected chi connectivity index (χ3v) is 3.75. The zero-order chi connectivity index (χ0) is 16.9. The number of benzene rings is 2. The summed E-state index contributed by atoms with van der Waals surface area (Å²) in [6.45, 7) is 0. The Morgan fingerprint density at radius 3 is 1.68 bits per heavy atom. The van der Waals surface area contributed by atoms with Crippen molar-refractivity contribution in [3.05, 3.63) is 53.4 Å². The molecule has 1 atom stereocenters. The van der Waals surface area contributed by atoms with Crippen LogP contribution in [-0.2, 0) is 20.8 Å². The summed E-state index contributed by atoms with van der Waals surface area (Å²) in [5, 5.41) is 8.59. The van der Waals surface area contributed by atoms with Crippen LogP contribution in [0.25, 0.3) is 0 Å². The second-order valence-electron chi connectivity index (χ2n) is 3.66. The summed E-state index contributed by atoms with van der Waals surface area (Å²) in [6, 6.07) is 5.55. The van der Waals surface area contributed by atoms with Gasteiger partial charge in [0.05, 0.1) is 5.30 Å². The molecule has 0 amide bonds. The first-order valence-electron chi connectivity index (χ1n) is 5.37. The molecule has 0 aliphatic heterocycles. The van der Waals surface area contributed by atoms with E-state index < -0.39 is 63.8 Å². The molecule has 22 heavy (non-hydrogen) atoms. The third kappa shape index (κ3) is 4.64. The predicted molar refractivity (Wildman–Crippen MR) is 73.6 cm³/mol. The minimum atomic E-state index is -2.19. The minimum absolute atomic E-state index is 0.0886. The van der Waals surface area contributed by atoms with E-state index >= 15 is 0 Å². The molecule has 0 fully saturated rings. The molecule has 1 nitrogen and oxygen atoms in total. The van der Waals surface area contributed by atoms with Gasteiger partial charge >= 0.3 is 37.9 Å². The fourth-order valence-electron chi connectivity index (χ4n) is 1.43. The van der Waals surface area contributed by atoms with Crippen LogP contribution < -0.4 is 10.6 Å². The fourth-order valence-corrected chi connectivity index (χ4v) is 2.53. The maximum atomic E-state index is 13.4. The van der Waals surface area contributed by atoms with E-state index in [0.29, 0.717) is 0 Å². The first-order valence-corrected chi connectivity index (χ1v) is 12.7. The van der Waals surface area contributed by atoms with Crippen molar-refractivity contribution in [3.63, 3.8) is 0 Å². The van der Waals surface area contributed by atoms with Crippen LogP contribution in [0.5, 0.6) is 5.75 Å². The van der Waals surface area contributed by atoms with Gasteiger partial charge in [0.15, 0.2) is 23.3 Å². The van der Waals surface area contributed by atoms with Crippen LogP contribution in [0.1, 0.15) is 0 Å². The molecule has 10 heteroatoms. The van der Waals surface area contributed by atoms with E-state index in [-0.39, 0.29) is 11.1 Å². The van der Waals surface area contributed by atoms with Crippen LogP contribution in [0.3, 0.4) is 0 Å². The van der Waals surface area contributed by atoms with Crippen molar-refractivity contribution in [2.75, 3.05) is 0 Å². The molecule has 0 aliphatic rings. The van der Waals surface area contributed by atoms with Gasteiger partial charge in [-0.15, -0.1) is 0 Å². The van der Waals surface area contributed by atoms with Crippen LogP contribution in [0.15, 0.2) is 24.3 Å². The summed E-state index contributed by atoms with van der Waals surface area (Å²) in [5.74, 6) is -10.2. The Hall–Kier alpha value is -0.217. The molecule has 2 rings (SSSR count). The van der Waals surface area contributed by atoms with Gasteiger partial charge in [0.1, 0.15) is 5.75 Å². The normalized spacial score (nSPS) is 10.5. The maximum absolute atomic E-state index is 13.4. The van der Waals surface area contributed by atoms with Gasteiger partial charge in [-0.1, -0.05) is 18.2 Å². The van der Waals surface area contributed by atoms with Crippen molar-refractivity contribution in [3.8, 4) is 5.75 Å².